The molecule has 54 heavy (non-hydrogen) atoms. The number of likely N-dealkylation sites (N-methyl/N-ethyl adjacent to an activating group) is 1. The molecule has 0 aliphatic carbocycles. The Hall–Kier alpha value is -5.13. The SMILES string of the molecule is C=C1CN2CCC[C@@]2(COc2nc3c4c(c(Cl)c(-c5cc(C)cc(N(Cc6ccc(OC)cc6)Cc6ccc(OC)cc6)n5)c(F)c4n2)OCCN3C)C1. The van der Waals surface area contributed by atoms with Crippen molar-refractivity contribution in [3.63, 3.8) is 0 Å². The summed E-state index contributed by atoms with van der Waals surface area (Å²) in [5.41, 5.74) is 4.62. The summed E-state index contributed by atoms with van der Waals surface area (Å²) in [6.07, 6.45) is 2.98. The molecule has 2 saturated heterocycles. The van der Waals surface area contributed by atoms with Gasteiger partial charge in [-0.15, -0.1) is 0 Å². The van der Waals surface area contributed by atoms with Crippen molar-refractivity contribution in [2.24, 2.45) is 0 Å². The Morgan fingerprint density at radius 1 is 0.963 bits per heavy atom. The fourth-order valence-corrected chi connectivity index (χ4v) is 8.36. The van der Waals surface area contributed by atoms with Crippen LogP contribution in [0.1, 0.15) is 36.0 Å². The number of benzene rings is 3. The molecule has 0 N–H and O–H groups in total. The lowest BCUT2D eigenvalue weighted by Gasteiger charge is -2.31. The summed E-state index contributed by atoms with van der Waals surface area (Å²) in [7, 11) is 5.20. The van der Waals surface area contributed by atoms with Crippen LogP contribution in [0.3, 0.4) is 0 Å². The Morgan fingerprint density at radius 2 is 1.65 bits per heavy atom. The van der Waals surface area contributed by atoms with Crippen LogP contribution in [-0.4, -0.2) is 79.5 Å². The topological polar surface area (TPSA) is 85.3 Å². The Balaban J connectivity index is 1.21. The van der Waals surface area contributed by atoms with E-state index in [1.54, 1.807) is 14.2 Å². The number of aromatic nitrogens is 3. The maximum absolute atomic E-state index is 17.3. The number of nitrogens with zero attached hydrogens (tertiary/aromatic N) is 6. The summed E-state index contributed by atoms with van der Waals surface area (Å²) in [6, 6.07) is 19.8. The Morgan fingerprint density at radius 3 is 2.31 bits per heavy atom. The van der Waals surface area contributed by atoms with Crippen LogP contribution in [0.5, 0.6) is 23.3 Å². The van der Waals surface area contributed by atoms with Gasteiger partial charge in [0.05, 0.1) is 48.0 Å². The van der Waals surface area contributed by atoms with Crippen LogP contribution in [0, 0.1) is 12.7 Å². The van der Waals surface area contributed by atoms with Crippen LogP contribution < -0.4 is 28.7 Å². The first-order valence-electron chi connectivity index (χ1n) is 18.3. The zero-order valence-corrected chi connectivity index (χ0v) is 31.9. The molecule has 2 fully saturated rings. The number of fused-ring (bicyclic) bond motifs is 1. The normalized spacial score (nSPS) is 18.0. The van der Waals surface area contributed by atoms with E-state index in [1.165, 1.54) is 5.57 Å². The Bertz CT molecular complexity index is 2170. The molecule has 10 nitrogen and oxygen atoms in total. The third-order valence-corrected chi connectivity index (χ3v) is 11.1. The number of rotatable bonds is 11. The van der Waals surface area contributed by atoms with Crippen LogP contribution in [0.15, 0.2) is 72.8 Å². The molecule has 0 unspecified atom stereocenters. The molecule has 0 saturated carbocycles. The highest BCUT2D eigenvalue weighted by atomic mass is 35.5. The van der Waals surface area contributed by atoms with Crippen molar-refractivity contribution in [2.75, 3.05) is 63.9 Å². The molecule has 3 aliphatic heterocycles. The van der Waals surface area contributed by atoms with Crippen LogP contribution in [0.25, 0.3) is 22.2 Å². The van der Waals surface area contributed by atoms with Crippen LogP contribution in [0.2, 0.25) is 5.02 Å². The largest absolute Gasteiger partial charge is 0.497 e. The van der Waals surface area contributed by atoms with Gasteiger partial charge >= 0.3 is 6.01 Å². The van der Waals surface area contributed by atoms with E-state index in [2.05, 4.69) is 16.4 Å². The molecule has 280 valence electrons. The number of aryl methyl sites for hydroxylation is 1. The van der Waals surface area contributed by atoms with Gasteiger partial charge in [-0.1, -0.05) is 48.0 Å². The molecule has 5 aromatic rings. The van der Waals surface area contributed by atoms with Gasteiger partial charge in [-0.2, -0.15) is 9.97 Å². The minimum absolute atomic E-state index is 0.0768. The van der Waals surface area contributed by atoms with Crippen molar-refractivity contribution in [3.8, 4) is 34.5 Å². The lowest BCUT2D eigenvalue weighted by molar-refractivity contribution is 0.108. The number of pyridine rings is 1. The minimum Gasteiger partial charge on any atom is -0.497 e. The number of halogens is 2. The van der Waals surface area contributed by atoms with Crippen molar-refractivity contribution >= 4 is 34.1 Å². The number of anilines is 2. The van der Waals surface area contributed by atoms with Gasteiger partial charge in [0.1, 0.15) is 41.9 Å². The standard InChI is InChI=1S/C42H44ClFN6O4/c1-26-19-32(45-33(20-26)49(23-28-7-11-30(51-4)12-8-28)24-29-9-13-31(52-5)14-10-29)34-36(43)39-35-38(37(34)44)46-41(47-40(35)48(3)17-18-53-39)54-25-42-15-6-16-50(42)22-27(2)21-42/h7-14,19-20H,2,6,15-18,21-25H2,1,3-5H3/t42-/m0/s1. The van der Waals surface area contributed by atoms with Gasteiger partial charge in [0.25, 0.3) is 0 Å². The van der Waals surface area contributed by atoms with Gasteiger partial charge in [-0.25, -0.2) is 9.37 Å². The van der Waals surface area contributed by atoms with Gasteiger partial charge in [0.15, 0.2) is 11.6 Å². The van der Waals surface area contributed by atoms with Crippen molar-refractivity contribution in [3.05, 3.63) is 100 Å². The van der Waals surface area contributed by atoms with Crippen molar-refractivity contribution < 1.29 is 23.3 Å². The molecule has 3 aromatic carbocycles. The highest BCUT2D eigenvalue weighted by Crippen LogP contribution is 2.48. The smallest absolute Gasteiger partial charge is 0.319 e. The van der Waals surface area contributed by atoms with Gasteiger partial charge in [0, 0.05) is 26.7 Å². The molecular weight excluding hydrogens is 707 g/mol. The summed E-state index contributed by atoms with van der Waals surface area (Å²) in [4.78, 5) is 21.2. The van der Waals surface area contributed by atoms with Gasteiger partial charge < -0.3 is 28.7 Å². The molecule has 0 amide bonds. The van der Waals surface area contributed by atoms with Gasteiger partial charge in [-0.3, -0.25) is 4.90 Å². The molecule has 0 bridgehead atoms. The first-order chi connectivity index (χ1) is 26.1. The molecule has 0 radical (unpaired) electrons. The summed E-state index contributed by atoms with van der Waals surface area (Å²) in [5.74, 6) is 2.44. The van der Waals surface area contributed by atoms with Crippen molar-refractivity contribution in [1.82, 2.24) is 19.9 Å². The molecule has 8 rings (SSSR count). The molecule has 2 aromatic heterocycles. The van der Waals surface area contributed by atoms with E-state index in [0.29, 0.717) is 61.3 Å². The maximum atomic E-state index is 17.3. The second kappa shape index (κ2) is 14.6. The fraction of sp³-hybridized carbons (Fsp3) is 0.357. The fourth-order valence-electron chi connectivity index (χ4n) is 8.03. The zero-order chi connectivity index (χ0) is 37.6. The first kappa shape index (κ1) is 35.9. The van der Waals surface area contributed by atoms with Crippen molar-refractivity contribution in [2.45, 2.75) is 44.8 Å². The number of methoxy groups -OCH3 is 2. The third kappa shape index (κ3) is 6.75. The van der Waals surface area contributed by atoms with E-state index in [1.807, 2.05) is 79.5 Å². The summed E-state index contributed by atoms with van der Waals surface area (Å²) in [5, 5.41) is 0.539. The van der Waals surface area contributed by atoms with E-state index >= 15 is 4.39 Å². The number of ether oxygens (including phenoxy) is 4. The predicted octanol–water partition coefficient (Wildman–Crippen LogP) is 8.02. The molecule has 12 heteroatoms. The van der Waals surface area contributed by atoms with Gasteiger partial charge in [0.2, 0.25) is 0 Å². The minimum atomic E-state index is -0.609. The molecular formula is C42H44ClFN6O4. The van der Waals surface area contributed by atoms with Gasteiger partial charge in [-0.05, 0) is 85.8 Å². The Kier molecular flexibility index (Phi) is 9.70. The predicted molar refractivity (Wildman–Crippen MR) is 210 cm³/mol. The monoisotopic (exact) mass is 750 g/mol. The van der Waals surface area contributed by atoms with E-state index in [0.717, 1.165) is 60.5 Å². The summed E-state index contributed by atoms with van der Waals surface area (Å²) in [6.45, 7) is 10.4. The molecule has 0 spiro atoms. The van der Waals surface area contributed by atoms with Crippen LogP contribution >= 0.6 is 11.6 Å². The average molecular weight is 751 g/mol. The highest BCUT2D eigenvalue weighted by molar-refractivity contribution is 6.36. The van der Waals surface area contributed by atoms with E-state index in [4.69, 9.17) is 45.5 Å². The van der Waals surface area contributed by atoms with E-state index in [9.17, 15) is 0 Å². The number of hydrogen-bond acceptors (Lipinski definition) is 10. The second-order valence-electron chi connectivity index (χ2n) is 14.6. The summed E-state index contributed by atoms with van der Waals surface area (Å²) >= 11 is 7.15. The zero-order valence-electron chi connectivity index (χ0n) is 31.1. The lowest BCUT2D eigenvalue weighted by atomic mass is 9.94. The van der Waals surface area contributed by atoms with E-state index in [-0.39, 0.29) is 27.7 Å². The number of hydrogen-bond donors (Lipinski definition) is 0. The van der Waals surface area contributed by atoms with E-state index < -0.39 is 5.82 Å². The second-order valence-corrected chi connectivity index (χ2v) is 14.9. The Labute approximate surface area is 320 Å². The third-order valence-electron chi connectivity index (χ3n) is 10.8. The lowest BCUT2D eigenvalue weighted by Crippen LogP contribution is -2.43. The van der Waals surface area contributed by atoms with Crippen LogP contribution in [0.4, 0.5) is 16.0 Å². The quantitative estimate of drug-likeness (QED) is 0.124. The van der Waals surface area contributed by atoms with Crippen LogP contribution in [-0.2, 0) is 13.1 Å². The molecule has 3 aliphatic rings. The highest BCUT2D eigenvalue weighted by Gasteiger charge is 2.46. The first-order valence-corrected chi connectivity index (χ1v) is 18.6. The van der Waals surface area contributed by atoms with Crippen molar-refractivity contribution in [1.29, 1.82) is 0 Å². The molecule has 5 heterocycles. The average Bonchev–Trinajstić information content (AvgIpc) is 3.64. The molecule has 1 atom stereocenters. The summed E-state index contributed by atoms with van der Waals surface area (Å²) < 4.78 is 40.7. The maximum Gasteiger partial charge on any atom is 0.319 e.